The van der Waals surface area contributed by atoms with E-state index >= 15 is 0 Å². The number of aromatic amines is 1. The van der Waals surface area contributed by atoms with E-state index in [1.54, 1.807) is 24.3 Å². The number of H-pyrrole nitrogens is 1. The molecule has 0 aliphatic carbocycles. The van der Waals surface area contributed by atoms with Crippen molar-refractivity contribution in [1.29, 1.82) is 0 Å². The third-order valence-electron chi connectivity index (χ3n) is 4.90. The van der Waals surface area contributed by atoms with Gasteiger partial charge in [0.2, 0.25) is 5.91 Å². The van der Waals surface area contributed by atoms with E-state index in [1.807, 2.05) is 48.5 Å². The molecule has 1 heterocycles. The first kappa shape index (κ1) is 25.5. The van der Waals surface area contributed by atoms with E-state index in [4.69, 9.17) is 4.74 Å². The van der Waals surface area contributed by atoms with E-state index in [2.05, 4.69) is 26.1 Å². The maximum atomic E-state index is 12.5. The first-order chi connectivity index (χ1) is 14.7. The fourth-order valence-electron chi connectivity index (χ4n) is 2.67. The second-order valence-corrected chi connectivity index (χ2v) is 10.2. The number of aromatic nitrogens is 2. The van der Waals surface area contributed by atoms with Crippen LogP contribution in [0.15, 0.2) is 29.1 Å². The highest BCUT2D eigenvalue weighted by Crippen LogP contribution is 2.15. The molecule has 0 unspecified atom stereocenters. The van der Waals surface area contributed by atoms with Crippen LogP contribution in [-0.2, 0) is 9.53 Å². The minimum atomic E-state index is -0.663. The van der Waals surface area contributed by atoms with Gasteiger partial charge in [-0.25, -0.2) is 10.4 Å². The average molecular weight is 446 g/mol. The van der Waals surface area contributed by atoms with E-state index in [0.29, 0.717) is 24.1 Å². The van der Waals surface area contributed by atoms with Gasteiger partial charge in [0.1, 0.15) is 0 Å². The number of rotatable bonds is 9. The topological polar surface area (TPSA) is 125 Å². The molecule has 2 aromatic rings. The molecule has 9 nitrogen and oxygen atoms in total. The molecule has 0 aliphatic heterocycles. The first-order valence-corrected chi connectivity index (χ1v) is 10.7. The second kappa shape index (κ2) is 9.79. The Hall–Kier alpha value is -2.78. The van der Waals surface area contributed by atoms with Gasteiger partial charge in [-0.1, -0.05) is 32.9 Å². The van der Waals surface area contributed by atoms with Crippen LogP contribution in [0.3, 0.4) is 0 Å². The number of carbonyl (C=O) groups excluding carboxylic acids is 2. The standard InChI is InChI=1S/C23H35N5O4/c1-21(2,3)20(31)27-28-22(4,5)12-13-32-23(6,7)14-24-18(29)17-19(30)26-16-11-9-8-10-15(16)25-17/h8-11,28H,12-14H2,1-7H3,(H,24,29)(H,26,30)(H,27,31). The number of carbonyl (C=O) groups is 2. The summed E-state index contributed by atoms with van der Waals surface area (Å²) in [5.74, 6) is -0.646. The van der Waals surface area contributed by atoms with Gasteiger partial charge in [0, 0.05) is 24.1 Å². The molecule has 0 saturated carbocycles. The summed E-state index contributed by atoms with van der Waals surface area (Å²) in [5.41, 5.74) is 4.66. The van der Waals surface area contributed by atoms with E-state index in [-0.39, 0.29) is 23.7 Å². The summed E-state index contributed by atoms with van der Waals surface area (Å²) >= 11 is 0. The quantitative estimate of drug-likeness (QED) is 0.439. The van der Waals surface area contributed by atoms with Crippen LogP contribution in [0, 0.1) is 5.41 Å². The molecule has 0 fully saturated rings. The Labute approximate surface area is 188 Å². The van der Waals surface area contributed by atoms with Crippen LogP contribution in [0.25, 0.3) is 11.0 Å². The smallest absolute Gasteiger partial charge is 0.280 e. The van der Waals surface area contributed by atoms with Crippen molar-refractivity contribution in [2.45, 2.75) is 66.0 Å². The number of ether oxygens (including phenoxy) is 1. The highest BCUT2D eigenvalue weighted by atomic mass is 16.5. The Kier molecular flexibility index (Phi) is 7.79. The summed E-state index contributed by atoms with van der Waals surface area (Å²) in [6, 6.07) is 7.04. The Morgan fingerprint density at radius 3 is 2.38 bits per heavy atom. The molecular formula is C23H35N5O4. The molecule has 32 heavy (non-hydrogen) atoms. The van der Waals surface area contributed by atoms with Gasteiger partial charge in [0.25, 0.3) is 11.5 Å². The Morgan fingerprint density at radius 2 is 1.72 bits per heavy atom. The van der Waals surface area contributed by atoms with Crippen LogP contribution in [0.4, 0.5) is 0 Å². The highest BCUT2D eigenvalue weighted by molar-refractivity contribution is 5.93. The third kappa shape index (κ3) is 7.42. The summed E-state index contributed by atoms with van der Waals surface area (Å²) in [6.07, 6.45) is 0.626. The molecule has 1 aromatic heterocycles. The molecule has 0 saturated heterocycles. The van der Waals surface area contributed by atoms with E-state index in [1.165, 1.54) is 0 Å². The van der Waals surface area contributed by atoms with Crippen molar-refractivity contribution < 1.29 is 14.3 Å². The number of para-hydroxylation sites is 2. The van der Waals surface area contributed by atoms with Crippen LogP contribution in [0.2, 0.25) is 0 Å². The van der Waals surface area contributed by atoms with Gasteiger partial charge in [-0.15, -0.1) is 0 Å². The summed E-state index contributed by atoms with van der Waals surface area (Å²) in [5, 5.41) is 2.73. The lowest BCUT2D eigenvalue weighted by molar-refractivity contribution is -0.130. The molecule has 176 valence electrons. The molecule has 0 atom stereocenters. The van der Waals surface area contributed by atoms with Crippen molar-refractivity contribution in [2.24, 2.45) is 5.41 Å². The number of nitrogens with one attached hydrogen (secondary N) is 4. The van der Waals surface area contributed by atoms with Crippen molar-refractivity contribution in [1.82, 2.24) is 26.1 Å². The molecule has 0 aliphatic rings. The summed E-state index contributed by atoms with van der Waals surface area (Å²) in [7, 11) is 0. The predicted molar refractivity (Wildman–Crippen MR) is 124 cm³/mol. The first-order valence-electron chi connectivity index (χ1n) is 10.7. The van der Waals surface area contributed by atoms with Gasteiger partial charge in [-0.3, -0.25) is 19.8 Å². The van der Waals surface area contributed by atoms with E-state index in [9.17, 15) is 14.4 Å². The lowest BCUT2D eigenvalue weighted by Gasteiger charge is -2.31. The molecule has 0 bridgehead atoms. The molecule has 1 aromatic carbocycles. The van der Waals surface area contributed by atoms with Crippen molar-refractivity contribution in [3.05, 3.63) is 40.3 Å². The van der Waals surface area contributed by atoms with Crippen molar-refractivity contribution in [3.8, 4) is 0 Å². The van der Waals surface area contributed by atoms with Gasteiger partial charge in [-0.05, 0) is 46.2 Å². The fourth-order valence-corrected chi connectivity index (χ4v) is 2.67. The summed E-state index contributed by atoms with van der Waals surface area (Å²) in [4.78, 5) is 43.6. The maximum absolute atomic E-state index is 12.5. The number of nitrogens with zero attached hydrogens (tertiary/aromatic N) is 1. The van der Waals surface area contributed by atoms with Crippen LogP contribution >= 0.6 is 0 Å². The van der Waals surface area contributed by atoms with E-state index < -0.39 is 22.5 Å². The van der Waals surface area contributed by atoms with Crippen LogP contribution < -0.4 is 21.7 Å². The number of hydrogen-bond acceptors (Lipinski definition) is 6. The zero-order valence-electron chi connectivity index (χ0n) is 20.0. The molecule has 4 N–H and O–H groups in total. The number of fused-ring (bicyclic) bond motifs is 1. The molecule has 2 amide bonds. The van der Waals surface area contributed by atoms with Gasteiger partial charge in [-0.2, -0.15) is 0 Å². The summed E-state index contributed by atoms with van der Waals surface area (Å²) < 4.78 is 5.95. The monoisotopic (exact) mass is 445 g/mol. The number of benzene rings is 1. The minimum absolute atomic E-state index is 0.0909. The zero-order valence-corrected chi connectivity index (χ0v) is 20.0. The van der Waals surface area contributed by atoms with E-state index in [0.717, 1.165) is 0 Å². The van der Waals surface area contributed by atoms with Crippen molar-refractivity contribution >= 4 is 22.8 Å². The average Bonchev–Trinajstić information content (AvgIpc) is 2.68. The normalized spacial score (nSPS) is 12.6. The SMILES string of the molecule is CC(C)(CCOC(C)(C)CNC(=O)c1nc2ccccc2[nH]c1=O)NNC(=O)C(C)(C)C. The van der Waals surface area contributed by atoms with Gasteiger partial charge in [0.05, 0.1) is 16.6 Å². The lowest BCUT2D eigenvalue weighted by atomic mass is 9.96. The zero-order chi connectivity index (χ0) is 24.2. The molecule has 0 spiro atoms. The number of amides is 2. The van der Waals surface area contributed by atoms with Crippen molar-refractivity contribution in [3.63, 3.8) is 0 Å². The maximum Gasteiger partial charge on any atom is 0.280 e. The molecular weight excluding hydrogens is 410 g/mol. The Morgan fingerprint density at radius 1 is 1.06 bits per heavy atom. The largest absolute Gasteiger partial charge is 0.374 e. The fraction of sp³-hybridized carbons (Fsp3) is 0.565. The number of hydrogen-bond donors (Lipinski definition) is 4. The van der Waals surface area contributed by atoms with Crippen LogP contribution in [-0.4, -0.2) is 46.1 Å². The Balaban J connectivity index is 1.86. The summed E-state index contributed by atoms with van der Waals surface area (Å²) in [6.45, 7) is 13.8. The van der Waals surface area contributed by atoms with Gasteiger partial charge >= 0.3 is 0 Å². The van der Waals surface area contributed by atoms with Gasteiger partial charge < -0.3 is 15.0 Å². The van der Waals surface area contributed by atoms with Crippen molar-refractivity contribution in [2.75, 3.05) is 13.2 Å². The minimum Gasteiger partial charge on any atom is -0.374 e. The Bertz CT molecular complexity index is 1020. The van der Waals surface area contributed by atoms with Crippen LogP contribution in [0.1, 0.15) is 65.4 Å². The predicted octanol–water partition coefficient (Wildman–Crippen LogP) is 2.28. The third-order valence-corrected chi connectivity index (χ3v) is 4.90. The molecule has 2 rings (SSSR count). The number of hydrazine groups is 1. The second-order valence-electron chi connectivity index (χ2n) is 10.2. The highest BCUT2D eigenvalue weighted by Gasteiger charge is 2.26. The van der Waals surface area contributed by atoms with Gasteiger partial charge in [0.15, 0.2) is 5.69 Å². The lowest BCUT2D eigenvalue weighted by Crippen LogP contribution is -2.54. The van der Waals surface area contributed by atoms with Crippen LogP contribution in [0.5, 0.6) is 0 Å². The molecule has 9 heteroatoms. The molecule has 0 radical (unpaired) electrons.